The summed E-state index contributed by atoms with van der Waals surface area (Å²) in [5.41, 5.74) is 5.68. The van der Waals surface area contributed by atoms with E-state index in [2.05, 4.69) is 32.4 Å². The van der Waals surface area contributed by atoms with E-state index in [-0.39, 0.29) is 12.5 Å². The van der Waals surface area contributed by atoms with Crippen LogP contribution in [0.15, 0.2) is 60.8 Å². The van der Waals surface area contributed by atoms with E-state index in [1.165, 1.54) is 37.9 Å². The molecule has 0 saturated carbocycles. The van der Waals surface area contributed by atoms with E-state index < -0.39 is 0 Å². The summed E-state index contributed by atoms with van der Waals surface area (Å²) in [6, 6.07) is 18.0. The zero-order valence-electron chi connectivity index (χ0n) is 20.3. The molecular weight excluding hydrogens is 438 g/mol. The summed E-state index contributed by atoms with van der Waals surface area (Å²) in [5.74, 6) is 0.678. The lowest BCUT2D eigenvalue weighted by Crippen LogP contribution is -2.29. The molecule has 0 radical (unpaired) electrons. The monoisotopic (exact) mass is 469 g/mol. The molecule has 180 valence electrons. The maximum atomic E-state index is 12.8. The summed E-state index contributed by atoms with van der Waals surface area (Å²) in [7, 11) is 1.66. The van der Waals surface area contributed by atoms with Gasteiger partial charge in [-0.15, -0.1) is 0 Å². The summed E-state index contributed by atoms with van der Waals surface area (Å²) in [6.07, 6.45) is 5.67. The third kappa shape index (κ3) is 5.20. The Morgan fingerprint density at radius 2 is 1.74 bits per heavy atom. The van der Waals surface area contributed by atoms with Gasteiger partial charge < -0.3 is 10.1 Å². The molecule has 0 aliphatic carbocycles. The van der Waals surface area contributed by atoms with Crippen LogP contribution in [0.2, 0.25) is 0 Å². The van der Waals surface area contributed by atoms with E-state index >= 15 is 0 Å². The molecule has 0 atom stereocenters. The first kappa shape index (κ1) is 23.1. The summed E-state index contributed by atoms with van der Waals surface area (Å²) in [5, 5.41) is 8.58. The average molecular weight is 470 g/mol. The van der Waals surface area contributed by atoms with Crippen LogP contribution >= 0.6 is 0 Å². The molecule has 1 aliphatic rings. The number of carbonyl (C=O) groups is 1. The van der Waals surface area contributed by atoms with Crippen molar-refractivity contribution in [3.63, 3.8) is 0 Å². The zero-order valence-corrected chi connectivity index (χ0v) is 20.3. The predicted octanol–water partition coefficient (Wildman–Crippen LogP) is 5.04. The quantitative estimate of drug-likeness (QED) is 0.411. The lowest BCUT2D eigenvalue weighted by Gasteiger charge is -2.26. The number of amides is 1. The number of carbonyl (C=O) groups excluding carboxylic acids is 1. The third-order valence-corrected chi connectivity index (χ3v) is 6.59. The fraction of sp³-hybridized carbons (Fsp3) is 0.321. The smallest absolute Gasteiger partial charge is 0.246 e. The van der Waals surface area contributed by atoms with Gasteiger partial charge in [-0.3, -0.25) is 9.69 Å². The fourth-order valence-electron chi connectivity index (χ4n) is 4.81. The Bertz CT molecular complexity index is 1310. The van der Waals surface area contributed by atoms with Crippen molar-refractivity contribution >= 4 is 22.6 Å². The Hall–Kier alpha value is -3.71. The highest BCUT2D eigenvalue weighted by atomic mass is 16.5. The molecule has 1 fully saturated rings. The minimum atomic E-state index is -0.130. The van der Waals surface area contributed by atoms with E-state index in [0.29, 0.717) is 5.65 Å². The molecular formula is C28H31N5O2. The second-order valence-electron chi connectivity index (χ2n) is 9.11. The molecule has 0 spiro atoms. The highest BCUT2D eigenvalue weighted by molar-refractivity contribution is 5.96. The van der Waals surface area contributed by atoms with Crippen molar-refractivity contribution in [2.75, 3.05) is 25.5 Å². The number of fused-ring (bicyclic) bond motifs is 1. The van der Waals surface area contributed by atoms with E-state index in [4.69, 9.17) is 4.74 Å². The van der Waals surface area contributed by atoms with Gasteiger partial charge in [0.25, 0.3) is 0 Å². The number of pyridine rings is 1. The molecule has 7 heteroatoms. The molecule has 1 N–H and O–H groups in total. The number of ether oxygens (including phenoxy) is 1. The second-order valence-corrected chi connectivity index (χ2v) is 9.11. The molecule has 1 amide bonds. The van der Waals surface area contributed by atoms with E-state index in [1.807, 2.05) is 49.4 Å². The molecule has 0 unspecified atom stereocenters. The van der Waals surface area contributed by atoms with Crippen molar-refractivity contribution in [1.82, 2.24) is 19.7 Å². The highest BCUT2D eigenvalue weighted by Crippen LogP contribution is 2.31. The number of benzene rings is 2. The Labute approximate surface area is 205 Å². The van der Waals surface area contributed by atoms with Gasteiger partial charge in [0.05, 0.1) is 12.8 Å². The number of piperidine rings is 1. The Balaban J connectivity index is 1.29. The number of hydrogen-bond donors (Lipinski definition) is 1. The van der Waals surface area contributed by atoms with Crippen molar-refractivity contribution in [2.45, 2.75) is 39.3 Å². The molecule has 5 rings (SSSR count). The van der Waals surface area contributed by atoms with Crippen LogP contribution in [0.5, 0.6) is 5.75 Å². The van der Waals surface area contributed by atoms with Gasteiger partial charge in [-0.25, -0.2) is 9.67 Å². The number of aryl methyl sites for hydroxylation is 1. The number of hydrogen-bond acceptors (Lipinski definition) is 5. The lowest BCUT2D eigenvalue weighted by atomic mass is 10.0. The predicted molar refractivity (Wildman–Crippen MR) is 138 cm³/mol. The number of rotatable bonds is 7. The molecule has 4 aromatic rings. The van der Waals surface area contributed by atoms with Crippen LogP contribution in [0.4, 0.5) is 5.69 Å². The second kappa shape index (κ2) is 10.3. The number of aromatic nitrogens is 3. The topological polar surface area (TPSA) is 72.3 Å². The van der Waals surface area contributed by atoms with Crippen LogP contribution < -0.4 is 10.1 Å². The van der Waals surface area contributed by atoms with Crippen LogP contribution in [-0.4, -0.2) is 45.8 Å². The largest absolute Gasteiger partial charge is 0.497 e. The third-order valence-electron chi connectivity index (χ3n) is 6.59. The van der Waals surface area contributed by atoms with E-state index in [9.17, 15) is 4.79 Å². The van der Waals surface area contributed by atoms with Crippen molar-refractivity contribution in [2.24, 2.45) is 0 Å². The van der Waals surface area contributed by atoms with Crippen LogP contribution in [0.1, 0.15) is 30.5 Å². The SMILES string of the molecule is COc1ccc(-c2ccnc3c2c(C)nn3CC(=O)Nc2ccc(CN3CCCCC3)cc2)cc1. The summed E-state index contributed by atoms with van der Waals surface area (Å²) >= 11 is 0. The number of likely N-dealkylation sites (tertiary alicyclic amines) is 1. The first-order valence-electron chi connectivity index (χ1n) is 12.2. The highest BCUT2D eigenvalue weighted by Gasteiger charge is 2.16. The minimum absolute atomic E-state index is 0.0962. The van der Waals surface area contributed by atoms with Crippen molar-refractivity contribution in [1.29, 1.82) is 0 Å². The maximum absolute atomic E-state index is 12.8. The number of anilines is 1. The first-order chi connectivity index (χ1) is 17.1. The van der Waals surface area contributed by atoms with Gasteiger partial charge in [0.1, 0.15) is 12.3 Å². The fourth-order valence-corrected chi connectivity index (χ4v) is 4.81. The molecule has 0 bridgehead atoms. The number of methoxy groups -OCH3 is 1. The van der Waals surface area contributed by atoms with Gasteiger partial charge in [0, 0.05) is 23.8 Å². The standard InChI is InChI=1S/C28H31N5O2/c1-20-27-25(22-8-12-24(35-2)13-9-22)14-15-29-28(27)33(31-20)19-26(34)30-23-10-6-21(7-11-23)18-32-16-4-3-5-17-32/h6-15H,3-5,16-19H2,1-2H3,(H,30,34). The Morgan fingerprint density at radius 1 is 1.00 bits per heavy atom. The molecule has 2 aromatic carbocycles. The molecule has 3 heterocycles. The molecule has 7 nitrogen and oxygen atoms in total. The van der Waals surface area contributed by atoms with Gasteiger partial charge in [-0.2, -0.15) is 5.10 Å². The van der Waals surface area contributed by atoms with Gasteiger partial charge in [-0.05, 0) is 79.9 Å². The average Bonchev–Trinajstić information content (AvgIpc) is 3.21. The van der Waals surface area contributed by atoms with E-state index in [0.717, 1.165) is 40.2 Å². The normalized spacial score (nSPS) is 14.2. The van der Waals surface area contributed by atoms with E-state index in [1.54, 1.807) is 18.0 Å². The van der Waals surface area contributed by atoms with Gasteiger partial charge in [-0.1, -0.05) is 30.7 Å². The molecule has 35 heavy (non-hydrogen) atoms. The van der Waals surface area contributed by atoms with Crippen LogP contribution in [-0.2, 0) is 17.9 Å². The van der Waals surface area contributed by atoms with Gasteiger partial charge >= 0.3 is 0 Å². The first-order valence-corrected chi connectivity index (χ1v) is 12.2. The Morgan fingerprint density at radius 3 is 2.46 bits per heavy atom. The lowest BCUT2D eigenvalue weighted by molar-refractivity contribution is -0.116. The minimum Gasteiger partial charge on any atom is -0.497 e. The summed E-state index contributed by atoms with van der Waals surface area (Å²) in [4.78, 5) is 19.9. The summed E-state index contributed by atoms with van der Waals surface area (Å²) in [6.45, 7) is 5.36. The van der Waals surface area contributed by atoms with Crippen LogP contribution in [0, 0.1) is 6.92 Å². The van der Waals surface area contributed by atoms with Crippen molar-refractivity contribution in [3.05, 3.63) is 72.1 Å². The van der Waals surface area contributed by atoms with Crippen molar-refractivity contribution < 1.29 is 9.53 Å². The number of nitrogens with one attached hydrogen (secondary N) is 1. The number of nitrogens with zero attached hydrogens (tertiary/aromatic N) is 4. The molecule has 1 saturated heterocycles. The Kier molecular flexibility index (Phi) is 6.77. The van der Waals surface area contributed by atoms with Gasteiger partial charge in [0.2, 0.25) is 5.91 Å². The zero-order chi connectivity index (χ0) is 24.2. The molecule has 1 aliphatic heterocycles. The van der Waals surface area contributed by atoms with Crippen LogP contribution in [0.3, 0.4) is 0 Å². The summed E-state index contributed by atoms with van der Waals surface area (Å²) < 4.78 is 6.96. The van der Waals surface area contributed by atoms with Crippen molar-refractivity contribution in [3.8, 4) is 16.9 Å². The molecule has 2 aromatic heterocycles. The van der Waals surface area contributed by atoms with Crippen LogP contribution in [0.25, 0.3) is 22.2 Å². The van der Waals surface area contributed by atoms with Gasteiger partial charge in [0.15, 0.2) is 5.65 Å². The maximum Gasteiger partial charge on any atom is 0.246 e.